The van der Waals surface area contributed by atoms with Crippen molar-refractivity contribution in [2.75, 3.05) is 0 Å². The summed E-state index contributed by atoms with van der Waals surface area (Å²) in [5.41, 5.74) is 6.00. The van der Waals surface area contributed by atoms with Crippen molar-refractivity contribution in [1.82, 2.24) is 0 Å². The molecule has 5 heteroatoms. The molecule has 0 aliphatic heterocycles. The second-order valence-corrected chi connectivity index (χ2v) is 5.42. The maximum atomic E-state index is 14.0. The zero-order chi connectivity index (χ0) is 13.8. The summed E-state index contributed by atoms with van der Waals surface area (Å²) >= 11 is 7.38. The van der Waals surface area contributed by atoms with Crippen molar-refractivity contribution >= 4 is 29.2 Å². The summed E-state index contributed by atoms with van der Waals surface area (Å²) in [4.78, 5) is 0.972. The fourth-order valence-corrected chi connectivity index (χ4v) is 2.80. The van der Waals surface area contributed by atoms with Gasteiger partial charge in [-0.3, -0.25) is 5.41 Å². The van der Waals surface area contributed by atoms with E-state index < -0.39 is 5.82 Å². The van der Waals surface area contributed by atoms with Crippen LogP contribution in [0.5, 0.6) is 0 Å². The zero-order valence-corrected chi connectivity index (χ0v) is 11.6. The standard InChI is InChI=1S/C14H12ClFN2S/c15-10-4-2-5-11(7-10)19-8-9-3-1-6-12(13(9)16)14(17)18/h1-7H,8H2,(H3,17,18). The van der Waals surface area contributed by atoms with Gasteiger partial charge in [-0.2, -0.15) is 0 Å². The van der Waals surface area contributed by atoms with Crippen LogP contribution < -0.4 is 5.73 Å². The highest BCUT2D eigenvalue weighted by atomic mass is 35.5. The van der Waals surface area contributed by atoms with Gasteiger partial charge in [0.25, 0.3) is 0 Å². The molecule has 2 rings (SSSR count). The van der Waals surface area contributed by atoms with Gasteiger partial charge in [-0.05, 0) is 29.8 Å². The lowest BCUT2D eigenvalue weighted by Gasteiger charge is -2.07. The molecule has 0 bridgehead atoms. The quantitative estimate of drug-likeness (QED) is 0.507. The van der Waals surface area contributed by atoms with E-state index in [0.717, 1.165) is 4.90 Å². The van der Waals surface area contributed by atoms with Crippen LogP contribution in [-0.2, 0) is 5.75 Å². The fraction of sp³-hybridized carbons (Fsp3) is 0.0714. The van der Waals surface area contributed by atoms with Crippen LogP contribution in [0.25, 0.3) is 0 Å². The molecule has 2 aromatic carbocycles. The Morgan fingerprint density at radius 3 is 2.68 bits per heavy atom. The molecule has 0 spiro atoms. The van der Waals surface area contributed by atoms with E-state index in [0.29, 0.717) is 16.3 Å². The van der Waals surface area contributed by atoms with Crippen LogP contribution in [0.4, 0.5) is 4.39 Å². The van der Waals surface area contributed by atoms with Gasteiger partial charge in [-0.1, -0.05) is 29.8 Å². The first kappa shape index (κ1) is 13.9. The van der Waals surface area contributed by atoms with Crippen LogP contribution in [0, 0.1) is 11.2 Å². The minimum Gasteiger partial charge on any atom is -0.384 e. The van der Waals surface area contributed by atoms with Crippen LogP contribution in [-0.4, -0.2) is 5.84 Å². The molecule has 0 aliphatic rings. The molecule has 0 unspecified atom stereocenters. The Kier molecular flexibility index (Phi) is 4.45. The lowest BCUT2D eigenvalue weighted by atomic mass is 10.1. The Morgan fingerprint density at radius 2 is 2.00 bits per heavy atom. The van der Waals surface area contributed by atoms with Crippen LogP contribution in [0.15, 0.2) is 47.4 Å². The van der Waals surface area contributed by atoms with E-state index in [4.69, 9.17) is 22.7 Å². The number of nitrogens with two attached hydrogens (primary N) is 1. The van der Waals surface area contributed by atoms with Crippen molar-refractivity contribution in [3.05, 3.63) is 64.4 Å². The lowest BCUT2D eigenvalue weighted by Crippen LogP contribution is -2.14. The molecule has 0 atom stereocenters. The van der Waals surface area contributed by atoms with Crippen LogP contribution in [0.3, 0.4) is 0 Å². The van der Waals surface area contributed by atoms with Crippen LogP contribution >= 0.6 is 23.4 Å². The normalized spacial score (nSPS) is 10.4. The Labute approximate surface area is 120 Å². The van der Waals surface area contributed by atoms with Crippen molar-refractivity contribution < 1.29 is 4.39 Å². The first-order chi connectivity index (χ1) is 9.08. The molecular weight excluding hydrogens is 283 g/mol. The Balaban J connectivity index is 2.16. The lowest BCUT2D eigenvalue weighted by molar-refractivity contribution is 0.614. The molecule has 0 aliphatic carbocycles. The molecule has 0 fully saturated rings. The Bertz CT molecular complexity index is 616. The maximum absolute atomic E-state index is 14.0. The third kappa shape index (κ3) is 3.49. The highest BCUT2D eigenvalue weighted by molar-refractivity contribution is 7.98. The van der Waals surface area contributed by atoms with Crippen molar-refractivity contribution in [2.45, 2.75) is 10.6 Å². The number of benzene rings is 2. The second-order valence-electron chi connectivity index (χ2n) is 3.94. The SMILES string of the molecule is N=C(N)c1cccc(CSc2cccc(Cl)c2)c1F. The van der Waals surface area contributed by atoms with Crippen molar-refractivity contribution in [3.63, 3.8) is 0 Å². The van der Waals surface area contributed by atoms with E-state index in [1.807, 2.05) is 18.2 Å². The first-order valence-electron chi connectivity index (χ1n) is 5.58. The van der Waals surface area contributed by atoms with E-state index in [9.17, 15) is 4.39 Å². The molecule has 0 saturated carbocycles. The van der Waals surface area contributed by atoms with Gasteiger partial charge in [0.2, 0.25) is 0 Å². The molecule has 0 saturated heterocycles. The molecule has 0 amide bonds. The summed E-state index contributed by atoms with van der Waals surface area (Å²) in [6.07, 6.45) is 0. The smallest absolute Gasteiger partial charge is 0.138 e. The molecule has 98 valence electrons. The van der Waals surface area contributed by atoms with Gasteiger partial charge >= 0.3 is 0 Å². The van der Waals surface area contributed by atoms with Crippen molar-refractivity contribution in [3.8, 4) is 0 Å². The first-order valence-corrected chi connectivity index (χ1v) is 6.94. The Hall–Kier alpha value is -1.52. The predicted octanol–water partition coefficient (Wildman–Crippen LogP) is 4.06. The molecule has 3 N–H and O–H groups in total. The van der Waals surface area contributed by atoms with E-state index in [-0.39, 0.29) is 11.4 Å². The Morgan fingerprint density at radius 1 is 1.26 bits per heavy atom. The minimum atomic E-state index is -0.426. The molecule has 19 heavy (non-hydrogen) atoms. The summed E-state index contributed by atoms with van der Waals surface area (Å²) in [7, 11) is 0. The van der Waals surface area contributed by atoms with Crippen LogP contribution in [0.1, 0.15) is 11.1 Å². The van der Waals surface area contributed by atoms with Gasteiger partial charge in [0.05, 0.1) is 5.56 Å². The number of nitrogen functional groups attached to an aromatic ring is 1. The average Bonchev–Trinajstić information content (AvgIpc) is 2.37. The molecule has 0 heterocycles. The van der Waals surface area contributed by atoms with Gasteiger partial charge in [-0.25, -0.2) is 4.39 Å². The van der Waals surface area contributed by atoms with E-state index in [1.54, 1.807) is 18.2 Å². The number of amidine groups is 1. The van der Waals surface area contributed by atoms with E-state index in [1.165, 1.54) is 17.8 Å². The largest absolute Gasteiger partial charge is 0.384 e. The summed E-state index contributed by atoms with van der Waals surface area (Å²) < 4.78 is 14.0. The number of rotatable bonds is 4. The molecule has 0 aromatic heterocycles. The summed E-state index contributed by atoms with van der Waals surface area (Å²) in [6.45, 7) is 0. The topological polar surface area (TPSA) is 49.9 Å². The maximum Gasteiger partial charge on any atom is 0.138 e. The monoisotopic (exact) mass is 294 g/mol. The summed E-state index contributed by atoms with van der Waals surface area (Å²) in [5.74, 6) is -0.218. The molecule has 0 radical (unpaired) electrons. The summed E-state index contributed by atoms with van der Waals surface area (Å²) in [5, 5.41) is 7.97. The average molecular weight is 295 g/mol. The van der Waals surface area contributed by atoms with E-state index in [2.05, 4.69) is 0 Å². The van der Waals surface area contributed by atoms with Gasteiger partial charge in [0.15, 0.2) is 0 Å². The number of halogens is 2. The number of thioether (sulfide) groups is 1. The molecular formula is C14H12ClFN2S. The molecule has 2 nitrogen and oxygen atoms in total. The predicted molar refractivity (Wildman–Crippen MR) is 78.4 cm³/mol. The number of nitrogens with one attached hydrogen (secondary N) is 1. The number of hydrogen-bond donors (Lipinski definition) is 2. The van der Waals surface area contributed by atoms with Crippen LogP contribution in [0.2, 0.25) is 5.02 Å². The van der Waals surface area contributed by atoms with Gasteiger partial charge in [-0.15, -0.1) is 11.8 Å². The number of hydrogen-bond acceptors (Lipinski definition) is 2. The molecule has 2 aromatic rings. The van der Waals surface area contributed by atoms with Gasteiger partial charge < -0.3 is 5.73 Å². The third-order valence-corrected chi connectivity index (χ3v) is 3.84. The van der Waals surface area contributed by atoms with Crippen molar-refractivity contribution in [2.24, 2.45) is 5.73 Å². The highest BCUT2D eigenvalue weighted by Gasteiger charge is 2.10. The third-order valence-electron chi connectivity index (χ3n) is 2.56. The van der Waals surface area contributed by atoms with Crippen molar-refractivity contribution in [1.29, 1.82) is 5.41 Å². The minimum absolute atomic E-state index is 0.143. The second kappa shape index (κ2) is 6.08. The van der Waals surface area contributed by atoms with E-state index >= 15 is 0 Å². The summed E-state index contributed by atoms with van der Waals surface area (Å²) in [6, 6.07) is 12.3. The highest BCUT2D eigenvalue weighted by Crippen LogP contribution is 2.26. The van der Waals surface area contributed by atoms with Gasteiger partial charge in [0, 0.05) is 15.7 Å². The van der Waals surface area contributed by atoms with Gasteiger partial charge in [0.1, 0.15) is 11.7 Å². The zero-order valence-electron chi connectivity index (χ0n) is 9.99. The fourth-order valence-electron chi connectivity index (χ4n) is 1.62.